The number of esters is 1. The first kappa shape index (κ1) is 13.9. The van der Waals surface area contributed by atoms with Gasteiger partial charge in [0.15, 0.2) is 0 Å². The smallest absolute Gasteiger partial charge is 0.310 e. The summed E-state index contributed by atoms with van der Waals surface area (Å²) in [6.07, 6.45) is 0.183. The number of para-hydroxylation sites is 1. The van der Waals surface area contributed by atoms with Crippen molar-refractivity contribution in [1.29, 1.82) is 0 Å². The molecule has 20 heavy (non-hydrogen) atoms. The van der Waals surface area contributed by atoms with E-state index in [9.17, 15) is 4.79 Å². The fraction of sp³-hybridized carbons (Fsp3) is 0.188. The summed E-state index contributed by atoms with van der Waals surface area (Å²) < 4.78 is 15.6. The van der Waals surface area contributed by atoms with Crippen LogP contribution in [-0.4, -0.2) is 20.2 Å². The lowest BCUT2D eigenvalue weighted by molar-refractivity contribution is -0.139. The largest absolute Gasteiger partial charge is 0.497 e. The van der Waals surface area contributed by atoms with Crippen LogP contribution in [0.5, 0.6) is 17.2 Å². The summed E-state index contributed by atoms with van der Waals surface area (Å²) in [5, 5.41) is 0. The van der Waals surface area contributed by atoms with Crippen molar-refractivity contribution < 1.29 is 19.0 Å². The molecule has 0 heterocycles. The summed E-state index contributed by atoms with van der Waals surface area (Å²) in [5.74, 6) is 1.79. The summed E-state index contributed by atoms with van der Waals surface area (Å²) in [7, 11) is 2.98. The van der Waals surface area contributed by atoms with Crippen LogP contribution in [-0.2, 0) is 16.0 Å². The van der Waals surface area contributed by atoms with Gasteiger partial charge < -0.3 is 14.2 Å². The molecular weight excluding hydrogens is 256 g/mol. The van der Waals surface area contributed by atoms with Crippen LogP contribution in [0.3, 0.4) is 0 Å². The highest BCUT2D eigenvalue weighted by Gasteiger charge is 2.09. The Hall–Kier alpha value is -2.49. The quantitative estimate of drug-likeness (QED) is 0.784. The third-order valence-corrected chi connectivity index (χ3v) is 2.82. The molecule has 0 aliphatic heterocycles. The summed E-state index contributed by atoms with van der Waals surface area (Å²) in [6.45, 7) is 0. The van der Waals surface area contributed by atoms with E-state index < -0.39 is 0 Å². The SMILES string of the molecule is COC(=O)Cc1ccccc1Oc1ccc(OC)cc1. The summed E-state index contributed by atoms with van der Waals surface area (Å²) in [5.41, 5.74) is 0.787. The van der Waals surface area contributed by atoms with E-state index in [4.69, 9.17) is 9.47 Å². The third-order valence-electron chi connectivity index (χ3n) is 2.82. The molecule has 0 bridgehead atoms. The molecule has 0 unspecified atom stereocenters. The molecule has 0 aliphatic carbocycles. The Bertz CT molecular complexity index is 575. The molecule has 4 heteroatoms. The van der Waals surface area contributed by atoms with Gasteiger partial charge in [-0.15, -0.1) is 0 Å². The average molecular weight is 272 g/mol. The number of carbonyl (C=O) groups is 1. The van der Waals surface area contributed by atoms with E-state index in [1.165, 1.54) is 7.11 Å². The minimum Gasteiger partial charge on any atom is -0.497 e. The van der Waals surface area contributed by atoms with Gasteiger partial charge >= 0.3 is 5.97 Å². The molecule has 0 atom stereocenters. The second kappa shape index (κ2) is 6.61. The minimum atomic E-state index is -0.296. The standard InChI is InChI=1S/C16H16O4/c1-18-13-7-9-14(10-8-13)20-15-6-4-3-5-12(15)11-16(17)19-2/h3-10H,11H2,1-2H3. The van der Waals surface area contributed by atoms with Crippen LogP contribution in [0.1, 0.15) is 5.56 Å². The molecule has 2 aromatic rings. The molecule has 0 N–H and O–H groups in total. The predicted octanol–water partition coefficient (Wildman–Crippen LogP) is 3.20. The maximum Gasteiger partial charge on any atom is 0.310 e. The van der Waals surface area contributed by atoms with Crippen molar-refractivity contribution >= 4 is 5.97 Å². The zero-order chi connectivity index (χ0) is 14.4. The number of hydrogen-bond donors (Lipinski definition) is 0. The highest BCUT2D eigenvalue weighted by Crippen LogP contribution is 2.27. The van der Waals surface area contributed by atoms with Crippen molar-refractivity contribution in [3.05, 3.63) is 54.1 Å². The lowest BCUT2D eigenvalue weighted by atomic mass is 10.1. The van der Waals surface area contributed by atoms with Gasteiger partial charge in [-0.3, -0.25) is 4.79 Å². The molecule has 0 aromatic heterocycles. The zero-order valence-electron chi connectivity index (χ0n) is 11.5. The second-order valence-electron chi connectivity index (χ2n) is 4.14. The molecule has 0 saturated carbocycles. The van der Waals surface area contributed by atoms with Crippen LogP contribution < -0.4 is 9.47 Å². The topological polar surface area (TPSA) is 44.8 Å². The van der Waals surface area contributed by atoms with Gasteiger partial charge in [0, 0.05) is 5.56 Å². The maximum atomic E-state index is 11.4. The normalized spacial score (nSPS) is 9.90. The third kappa shape index (κ3) is 3.51. The van der Waals surface area contributed by atoms with Crippen LogP contribution in [0.15, 0.2) is 48.5 Å². The molecule has 0 spiro atoms. The van der Waals surface area contributed by atoms with Crippen molar-refractivity contribution in [3.8, 4) is 17.2 Å². The van der Waals surface area contributed by atoms with Crippen molar-refractivity contribution in [1.82, 2.24) is 0 Å². The van der Waals surface area contributed by atoms with Gasteiger partial charge in [-0.05, 0) is 30.3 Å². The highest BCUT2D eigenvalue weighted by atomic mass is 16.5. The van der Waals surface area contributed by atoms with E-state index in [0.717, 1.165) is 11.3 Å². The first-order chi connectivity index (χ1) is 9.72. The van der Waals surface area contributed by atoms with Gasteiger partial charge in [-0.25, -0.2) is 0 Å². The Labute approximate surface area is 117 Å². The Morgan fingerprint density at radius 2 is 1.60 bits per heavy atom. The summed E-state index contributed by atoms with van der Waals surface area (Å²) in [4.78, 5) is 11.4. The van der Waals surface area contributed by atoms with Gasteiger partial charge in [0.05, 0.1) is 20.6 Å². The van der Waals surface area contributed by atoms with Crippen molar-refractivity contribution in [2.45, 2.75) is 6.42 Å². The Kier molecular flexibility index (Phi) is 4.60. The first-order valence-corrected chi connectivity index (χ1v) is 6.19. The molecule has 0 aliphatic rings. The van der Waals surface area contributed by atoms with E-state index >= 15 is 0 Å². The zero-order valence-corrected chi connectivity index (χ0v) is 11.5. The first-order valence-electron chi connectivity index (χ1n) is 6.19. The van der Waals surface area contributed by atoms with E-state index in [1.54, 1.807) is 7.11 Å². The van der Waals surface area contributed by atoms with Gasteiger partial charge in [0.1, 0.15) is 17.2 Å². The monoisotopic (exact) mass is 272 g/mol. The van der Waals surface area contributed by atoms with Gasteiger partial charge in [0.25, 0.3) is 0 Å². The van der Waals surface area contributed by atoms with Gasteiger partial charge in [-0.2, -0.15) is 0 Å². The van der Waals surface area contributed by atoms with Crippen LogP contribution in [0, 0.1) is 0 Å². The molecule has 0 fully saturated rings. The fourth-order valence-corrected chi connectivity index (χ4v) is 1.75. The molecule has 0 saturated heterocycles. The second-order valence-corrected chi connectivity index (χ2v) is 4.14. The summed E-state index contributed by atoms with van der Waals surface area (Å²) >= 11 is 0. The van der Waals surface area contributed by atoms with E-state index in [2.05, 4.69) is 4.74 Å². The Morgan fingerprint density at radius 3 is 2.25 bits per heavy atom. The average Bonchev–Trinajstić information content (AvgIpc) is 2.50. The number of ether oxygens (including phenoxy) is 3. The molecule has 0 amide bonds. The van der Waals surface area contributed by atoms with E-state index in [-0.39, 0.29) is 12.4 Å². The number of rotatable bonds is 5. The van der Waals surface area contributed by atoms with Crippen molar-refractivity contribution in [2.24, 2.45) is 0 Å². The molecular formula is C16H16O4. The number of hydrogen-bond acceptors (Lipinski definition) is 4. The minimum absolute atomic E-state index is 0.183. The van der Waals surface area contributed by atoms with E-state index in [1.807, 2.05) is 48.5 Å². The maximum absolute atomic E-state index is 11.4. The molecule has 2 aromatic carbocycles. The lowest BCUT2D eigenvalue weighted by Crippen LogP contribution is -2.05. The summed E-state index contributed by atoms with van der Waals surface area (Å²) in [6, 6.07) is 14.6. The van der Waals surface area contributed by atoms with Crippen molar-refractivity contribution in [2.75, 3.05) is 14.2 Å². The van der Waals surface area contributed by atoms with E-state index in [0.29, 0.717) is 11.5 Å². The van der Waals surface area contributed by atoms with Crippen LogP contribution in [0.2, 0.25) is 0 Å². The van der Waals surface area contributed by atoms with Gasteiger partial charge in [0.2, 0.25) is 0 Å². The fourth-order valence-electron chi connectivity index (χ4n) is 1.75. The Morgan fingerprint density at radius 1 is 0.950 bits per heavy atom. The molecule has 104 valence electrons. The van der Waals surface area contributed by atoms with Crippen LogP contribution in [0.25, 0.3) is 0 Å². The van der Waals surface area contributed by atoms with Crippen molar-refractivity contribution in [3.63, 3.8) is 0 Å². The predicted molar refractivity (Wildman–Crippen MR) is 75.2 cm³/mol. The Balaban J connectivity index is 2.17. The number of carbonyl (C=O) groups excluding carboxylic acids is 1. The lowest BCUT2D eigenvalue weighted by Gasteiger charge is -2.10. The van der Waals surface area contributed by atoms with Crippen LogP contribution in [0.4, 0.5) is 0 Å². The molecule has 0 radical (unpaired) electrons. The van der Waals surface area contributed by atoms with Crippen LogP contribution >= 0.6 is 0 Å². The molecule has 2 rings (SSSR count). The highest BCUT2D eigenvalue weighted by molar-refractivity contribution is 5.73. The number of benzene rings is 2. The number of methoxy groups -OCH3 is 2. The molecule has 4 nitrogen and oxygen atoms in total. The van der Waals surface area contributed by atoms with Gasteiger partial charge in [-0.1, -0.05) is 18.2 Å².